The van der Waals surface area contributed by atoms with Crippen molar-refractivity contribution in [3.63, 3.8) is 0 Å². The number of hydrogen-bond donors (Lipinski definition) is 1. The Balaban J connectivity index is 2.30. The molecule has 0 aliphatic carbocycles. The Bertz CT molecular complexity index is 488. The molecule has 1 aliphatic rings. The SMILES string of the molecule is Cc1ccc([N+](=O)[O-])c(N2CCCC(C)(O)CC2)n1. The molecule has 0 saturated carbocycles. The van der Waals surface area contributed by atoms with Gasteiger partial charge in [0, 0.05) is 24.8 Å². The summed E-state index contributed by atoms with van der Waals surface area (Å²) in [5, 5.41) is 21.1. The molecule has 1 aromatic rings. The molecule has 0 amide bonds. The van der Waals surface area contributed by atoms with Crippen LogP contribution in [0, 0.1) is 17.0 Å². The van der Waals surface area contributed by atoms with Gasteiger partial charge in [-0.15, -0.1) is 0 Å². The smallest absolute Gasteiger partial charge is 0.311 e. The largest absolute Gasteiger partial charge is 0.390 e. The van der Waals surface area contributed by atoms with E-state index in [1.807, 2.05) is 18.7 Å². The summed E-state index contributed by atoms with van der Waals surface area (Å²) in [4.78, 5) is 16.9. The van der Waals surface area contributed by atoms with E-state index in [1.165, 1.54) is 6.07 Å². The molecular formula is C13H19N3O3. The van der Waals surface area contributed by atoms with Crippen LogP contribution < -0.4 is 4.90 Å². The Labute approximate surface area is 112 Å². The van der Waals surface area contributed by atoms with Crippen LogP contribution in [0.25, 0.3) is 0 Å². The molecule has 1 atom stereocenters. The van der Waals surface area contributed by atoms with Crippen LogP contribution in [0.15, 0.2) is 12.1 Å². The van der Waals surface area contributed by atoms with E-state index < -0.39 is 10.5 Å². The van der Waals surface area contributed by atoms with E-state index in [0.29, 0.717) is 31.7 Å². The van der Waals surface area contributed by atoms with Gasteiger partial charge in [0.1, 0.15) is 0 Å². The molecule has 1 saturated heterocycles. The predicted octanol–water partition coefficient (Wildman–Crippen LogP) is 2.04. The number of aryl methyl sites for hydroxylation is 1. The Morgan fingerprint density at radius 3 is 2.84 bits per heavy atom. The summed E-state index contributed by atoms with van der Waals surface area (Å²) in [5.41, 5.74) is 0.108. The summed E-state index contributed by atoms with van der Waals surface area (Å²) in [5.74, 6) is 0.419. The minimum atomic E-state index is -0.687. The van der Waals surface area contributed by atoms with Gasteiger partial charge in [0.15, 0.2) is 0 Å². The second-order valence-corrected chi connectivity index (χ2v) is 5.39. The third-order valence-corrected chi connectivity index (χ3v) is 3.55. The third-order valence-electron chi connectivity index (χ3n) is 3.55. The number of aliphatic hydroxyl groups is 1. The van der Waals surface area contributed by atoms with Gasteiger partial charge in [-0.1, -0.05) is 0 Å². The van der Waals surface area contributed by atoms with Crippen LogP contribution in [0.1, 0.15) is 31.9 Å². The van der Waals surface area contributed by atoms with Crippen LogP contribution >= 0.6 is 0 Å². The first-order valence-corrected chi connectivity index (χ1v) is 6.48. The molecule has 0 spiro atoms. The summed E-state index contributed by atoms with van der Waals surface area (Å²) < 4.78 is 0. The fourth-order valence-corrected chi connectivity index (χ4v) is 2.39. The fourth-order valence-electron chi connectivity index (χ4n) is 2.39. The van der Waals surface area contributed by atoms with E-state index in [-0.39, 0.29) is 5.69 Å². The maximum absolute atomic E-state index is 11.1. The monoisotopic (exact) mass is 265 g/mol. The van der Waals surface area contributed by atoms with E-state index in [2.05, 4.69) is 4.98 Å². The molecule has 0 bridgehead atoms. The molecule has 1 N–H and O–H groups in total. The minimum absolute atomic E-state index is 0.0344. The molecule has 1 aliphatic heterocycles. The van der Waals surface area contributed by atoms with Gasteiger partial charge in [-0.3, -0.25) is 10.1 Å². The molecule has 104 valence electrons. The Morgan fingerprint density at radius 1 is 1.42 bits per heavy atom. The zero-order chi connectivity index (χ0) is 14.0. The molecule has 1 aromatic heterocycles. The van der Waals surface area contributed by atoms with Crippen molar-refractivity contribution in [3.8, 4) is 0 Å². The molecule has 2 rings (SSSR count). The lowest BCUT2D eigenvalue weighted by Crippen LogP contribution is -2.29. The van der Waals surface area contributed by atoms with E-state index in [0.717, 1.165) is 12.1 Å². The van der Waals surface area contributed by atoms with Gasteiger partial charge in [-0.25, -0.2) is 4.98 Å². The van der Waals surface area contributed by atoms with Crippen molar-refractivity contribution in [3.05, 3.63) is 27.9 Å². The first-order chi connectivity index (χ1) is 8.89. The summed E-state index contributed by atoms with van der Waals surface area (Å²) in [6.45, 7) is 4.91. The van der Waals surface area contributed by atoms with Gasteiger partial charge in [0.05, 0.1) is 10.5 Å². The molecular weight excluding hydrogens is 246 g/mol. The van der Waals surface area contributed by atoms with Gasteiger partial charge >= 0.3 is 5.69 Å². The molecule has 2 heterocycles. The maximum atomic E-state index is 11.1. The zero-order valence-corrected chi connectivity index (χ0v) is 11.3. The molecule has 6 heteroatoms. The number of hydrogen-bond acceptors (Lipinski definition) is 5. The number of aromatic nitrogens is 1. The zero-order valence-electron chi connectivity index (χ0n) is 11.3. The third kappa shape index (κ3) is 3.20. The van der Waals surface area contributed by atoms with Crippen molar-refractivity contribution in [2.75, 3.05) is 18.0 Å². The van der Waals surface area contributed by atoms with E-state index in [9.17, 15) is 15.2 Å². The highest BCUT2D eigenvalue weighted by molar-refractivity contribution is 5.58. The average molecular weight is 265 g/mol. The van der Waals surface area contributed by atoms with Gasteiger partial charge in [-0.2, -0.15) is 0 Å². The lowest BCUT2D eigenvalue weighted by molar-refractivity contribution is -0.384. The fraction of sp³-hybridized carbons (Fsp3) is 0.615. The molecule has 1 fully saturated rings. The number of pyridine rings is 1. The predicted molar refractivity (Wildman–Crippen MR) is 72.3 cm³/mol. The molecule has 6 nitrogen and oxygen atoms in total. The first-order valence-electron chi connectivity index (χ1n) is 6.48. The average Bonchev–Trinajstić information content (AvgIpc) is 2.49. The van der Waals surface area contributed by atoms with E-state index in [1.54, 1.807) is 6.07 Å². The highest BCUT2D eigenvalue weighted by Gasteiger charge is 2.28. The lowest BCUT2D eigenvalue weighted by atomic mass is 9.98. The number of rotatable bonds is 2. The van der Waals surface area contributed by atoms with Crippen LogP contribution in [0.3, 0.4) is 0 Å². The van der Waals surface area contributed by atoms with Crippen molar-refractivity contribution in [2.24, 2.45) is 0 Å². The Kier molecular flexibility index (Phi) is 3.71. The highest BCUT2D eigenvalue weighted by Crippen LogP contribution is 2.30. The van der Waals surface area contributed by atoms with Gasteiger partial charge in [-0.05, 0) is 39.2 Å². The Hall–Kier alpha value is -1.69. The first kappa shape index (κ1) is 13.7. The van der Waals surface area contributed by atoms with Crippen LogP contribution in [0.2, 0.25) is 0 Å². The number of nitro groups is 1. The standard InChI is InChI=1S/C13H19N3O3/c1-10-4-5-11(16(18)19)12(14-10)15-8-3-6-13(2,17)7-9-15/h4-5,17H,3,6-9H2,1-2H3. The van der Waals surface area contributed by atoms with Crippen molar-refractivity contribution in [1.29, 1.82) is 0 Å². The van der Waals surface area contributed by atoms with Gasteiger partial charge in [0.2, 0.25) is 5.82 Å². The lowest BCUT2D eigenvalue weighted by Gasteiger charge is -2.23. The Morgan fingerprint density at radius 2 is 2.16 bits per heavy atom. The second kappa shape index (κ2) is 5.13. The molecule has 0 radical (unpaired) electrons. The normalized spacial score (nSPS) is 24.1. The molecule has 1 unspecified atom stereocenters. The number of anilines is 1. The quantitative estimate of drug-likeness (QED) is 0.654. The highest BCUT2D eigenvalue weighted by atomic mass is 16.6. The summed E-state index contributed by atoms with van der Waals surface area (Å²) >= 11 is 0. The van der Waals surface area contributed by atoms with Crippen molar-refractivity contribution < 1.29 is 10.0 Å². The van der Waals surface area contributed by atoms with Gasteiger partial charge in [0.25, 0.3) is 0 Å². The van der Waals surface area contributed by atoms with Gasteiger partial charge < -0.3 is 10.0 Å². The van der Waals surface area contributed by atoms with Crippen LogP contribution in [0.5, 0.6) is 0 Å². The van der Waals surface area contributed by atoms with Crippen molar-refractivity contribution in [1.82, 2.24) is 4.98 Å². The molecule has 0 aromatic carbocycles. The van der Waals surface area contributed by atoms with E-state index >= 15 is 0 Å². The molecule has 19 heavy (non-hydrogen) atoms. The summed E-state index contributed by atoms with van der Waals surface area (Å²) in [6.07, 6.45) is 2.11. The topological polar surface area (TPSA) is 79.5 Å². The van der Waals surface area contributed by atoms with E-state index in [4.69, 9.17) is 0 Å². The van der Waals surface area contributed by atoms with Crippen LogP contribution in [-0.2, 0) is 0 Å². The second-order valence-electron chi connectivity index (χ2n) is 5.39. The van der Waals surface area contributed by atoms with Crippen LogP contribution in [-0.4, -0.2) is 33.7 Å². The van der Waals surface area contributed by atoms with Crippen molar-refractivity contribution in [2.45, 2.75) is 38.7 Å². The summed E-state index contributed by atoms with van der Waals surface area (Å²) in [6, 6.07) is 3.15. The summed E-state index contributed by atoms with van der Waals surface area (Å²) in [7, 11) is 0. The van der Waals surface area contributed by atoms with Crippen LogP contribution in [0.4, 0.5) is 11.5 Å². The minimum Gasteiger partial charge on any atom is -0.390 e. The maximum Gasteiger partial charge on any atom is 0.311 e. The number of nitrogens with zero attached hydrogens (tertiary/aromatic N) is 3. The van der Waals surface area contributed by atoms with Crippen molar-refractivity contribution >= 4 is 11.5 Å².